The van der Waals surface area contributed by atoms with Crippen molar-refractivity contribution in [2.24, 2.45) is 0 Å². The van der Waals surface area contributed by atoms with Gasteiger partial charge in [-0.3, -0.25) is 0 Å². The van der Waals surface area contributed by atoms with Gasteiger partial charge in [0.1, 0.15) is 0 Å². The molecule has 0 unspecified atom stereocenters. The molecule has 14 heavy (non-hydrogen) atoms. The second-order valence-electron chi connectivity index (χ2n) is 3.23. The summed E-state index contributed by atoms with van der Waals surface area (Å²) >= 11 is 0. The summed E-state index contributed by atoms with van der Waals surface area (Å²) in [5.41, 5.74) is 0.813. The first-order valence-corrected chi connectivity index (χ1v) is 5.85. The first-order chi connectivity index (χ1) is 6.48. The maximum atomic E-state index is 11.6. The van der Waals surface area contributed by atoms with E-state index < -0.39 is 15.1 Å². The minimum atomic E-state index is -3.25. The number of hydrogen-bond donors (Lipinski definition) is 0. The van der Waals surface area contributed by atoms with Gasteiger partial charge in [-0.05, 0) is 0 Å². The molecule has 0 radical (unpaired) electrons. The Labute approximate surface area is 85.0 Å². The third-order valence-electron chi connectivity index (χ3n) is 1.91. The van der Waals surface area contributed by atoms with E-state index in [1.54, 1.807) is 26.8 Å². The summed E-state index contributed by atoms with van der Waals surface area (Å²) in [5, 5.41) is -0.317. The topological polar surface area (TPSA) is 47.0 Å². The Morgan fingerprint density at radius 3 is 2.43 bits per heavy atom. The summed E-state index contributed by atoms with van der Waals surface area (Å²) in [5.74, 6) is 0. The quantitative estimate of drug-likeness (QED) is 0.659. The van der Waals surface area contributed by atoms with Crippen LogP contribution in [0, 0.1) is 0 Å². The molecule has 74 valence electrons. The number of rotatable bonds is 3. The van der Waals surface area contributed by atoms with Crippen molar-refractivity contribution in [3.63, 3.8) is 0 Å². The van der Waals surface area contributed by atoms with E-state index in [1.807, 2.05) is 0 Å². The Morgan fingerprint density at radius 1 is 1.43 bits per heavy atom. The van der Waals surface area contributed by atoms with Gasteiger partial charge < -0.3 is 0 Å². The molecule has 3 nitrogen and oxygen atoms in total. The maximum absolute atomic E-state index is 11.6. The van der Waals surface area contributed by atoms with Gasteiger partial charge >= 0.3 is 84.5 Å². The van der Waals surface area contributed by atoms with Crippen molar-refractivity contribution in [1.82, 2.24) is 4.98 Å². The van der Waals surface area contributed by atoms with Crippen molar-refractivity contribution >= 4 is 28.7 Å². The molecule has 0 saturated heterocycles. The Morgan fingerprint density at radius 2 is 2.07 bits per heavy atom. The van der Waals surface area contributed by atoms with Gasteiger partial charge in [0.05, 0.1) is 0 Å². The van der Waals surface area contributed by atoms with Crippen molar-refractivity contribution in [2.45, 2.75) is 24.1 Å². The number of pyridine rings is 1. The monoisotopic (exact) mass is 209 g/mol. The molecule has 0 N–H and O–H groups in total. The van der Waals surface area contributed by atoms with Crippen LogP contribution < -0.4 is 5.46 Å². The molecule has 0 aliphatic heterocycles. The number of aromatic nitrogens is 1. The van der Waals surface area contributed by atoms with Crippen molar-refractivity contribution < 1.29 is 8.42 Å². The summed E-state index contributed by atoms with van der Waals surface area (Å²) in [6, 6.07) is 3.20. The van der Waals surface area contributed by atoms with Crippen molar-refractivity contribution in [3.05, 3.63) is 18.3 Å². The molecule has 0 spiro atoms. The van der Waals surface area contributed by atoms with E-state index in [4.69, 9.17) is 0 Å². The fourth-order valence-corrected chi connectivity index (χ4v) is 1.86. The zero-order chi connectivity index (χ0) is 10.8. The van der Waals surface area contributed by atoms with Gasteiger partial charge in [0.2, 0.25) is 0 Å². The van der Waals surface area contributed by atoms with Crippen LogP contribution in [0.3, 0.4) is 0 Å². The van der Waals surface area contributed by atoms with Crippen molar-refractivity contribution in [3.8, 4) is 0 Å². The molecular weight excluding hydrogens is 197 g/mol. The molecule has 5 heteroatoms. The normalized spacial score (nSPS) is 11.4. The van der Waals surface area contributed by atoms with Crippen LogP contribution in [0.25, 0.3) is 0 Å². The molecule has 1 aromatic rings. The average molecular weight is 209 g/mol. The molecular formula is C9H12BNO2S. The summed E-state index contributed by atoms with van der Waals surface area (Å²) < 4.78 is 23.3. The average Bonchev–Trinajstić information content (AvgIpc) is 2.17. The van der Waals surface area contributed by atoms with E-state index >= 15 is 0 Å². The van der Waals surface area contributed by atoms with Crippen LogP contribution in [0.4, 0.5) is 0 Å². The van der Waals surface area contributed by atoms with Gasteiger partial charge in [-0.1, -0.05) is 0 Å². The fraction of sp³-hybridized carbons (Fsp3) is 0.333. The molecule has 0 aromatic carbocycles. The van der Waals surface area contributed by atoms with Crippen molar-refractivity contribution in [2.75, 3.05) is 0 Å². The second-order valence-corrected chi connectivity index (χ2v) is 5.68. The Hall–Kier alpha value is -0.965. The summed E-state index contributed by atoms with van der Waals surface area (Å²) in [4.78, 5) is 3.88. The molecule has 0 bridgehead atoms. The van der Waals surface area contributed by atoms with Gasteiger partial charge in [0.15, 0.2) is 0 Å². The number of nitrogens with zero attached hydrogens (tertiary/aromatic N) is 1. The molecule has 1 aromatic heterocycles. The van der Waals surface area contributed by atoms with Crippen LogP contribution in [0.5, 0.6) is 0 Å². The molecule has 0 aliphatic rings. The van der Waals surface area contributed by atoms with Crippen LogP contribution in [0.2, 0.25) is 0 Å². The van der Waals surface area contributed by atoms with E-state index in [2.05, 4.69) is 11.5 Å². The van der Waals surface area contributed by atoms with Gasteiger partial charge in [-0.25, -0.2) is 0 Å². The van der Waals surface area contributed by atoms with E-state index in [9.17, 15) is 8.42 Å². The van der Waals surface area contributed by atoms with E-state index in [0.29, 0.717) is 0 Å². The van der Waals surface area contributed by atoms with Crippen molar-refractivity contribution in [1.29, 1.82) is 0 Å². The predicted molar refractivity (Wildman–Crippen MR) is 59.1 cm³/mol. The molecule has 0 atom stereocenters. The summed E-state index contributed by atoms with van der Waals surface area (Å²) in [6.07, 6.45) is 1.50. The first-order valence-electron chi connectivity index (χ1n) is 4.31. The molecule has 1 rings (SSSR count). The third-order valence-corrected chi connectivity index (χ3v) is 3.97. The Balaban J connectivity index is 3.16. The van der Waals surface area contributed by atoms with Crippen LogP contribution in [0.15, 0.2) is 23.4 Å². The Kier molecular flexibility index (Phi) is 3.21. The predicted octanol–water partition coefficient (Wildman–Crippen LogP) is 0.0252. The molecule has 0 fully saturated rings. The van der Waals surface area contributed by atoms with Crippen LogP contribution in [0.1, 0.15) is 13.8 Å². The third kappa shape index (κ3) is 2.09. The first kappa shape index (κ1) is 11.1. The fourth-order valence-electron chi connectivity index (χ4n) is 0.922. The van der Waals surface area contributed by atoms with Gasteiger partial charge in [-0.15, -0.1) is 0 Å². The SMILES string of the molecule is C=Bc1ccc(S(=O)(=O)C(C)C)nc1. The summed E-state index contributed by atoms with van der Waals surface area (Å²) in [6.45, 7) is 8.47. The van der Waals surface area contributed by atoms with E-state index in [-0.39, 0.29) is 5.03 Å². The standard InChI is InChI=1S/C9H12BNO2S/c1-7(2)14(12,13)9-5-4-8(10-3)6-11-9/h4-7H,3H2,1-2H3. The molecule has 1 heterocycles. The van der Waals surface area contributed by atoms with E-state index in [1.165, 1.54) is 12.3 Å². The second kappa shape index (κ2) is 4.04. The van der Waals surface area contributed by atoms with Crippen LogP contribution >= 0.6 is 0 Å². The van der Waals surface area contributed by atoms with Gasteiger partial charge in [-0.2, -0.15) is 0 Å². The van der Waals surface area contributed by atoms with Crippen LogP contribution in [-0.4, -0.2) is 32.0 Å². The van der Waals surface area contributed by atoms with Gasteiger partial charge in [0, 0.05) is 0 Å². The summed E-state index contributed by atoms with van der Waals surface area (Å²) in [7, 11) is -3.25. The molecule has 0 aliphatic carbocycles. The Bertz CT molecular complexity index is 423. The number of sulfone groups is 1. The van der Waals surface area contributed by atoms with Crippen LogP contribution in [-0.2, 0) is 9.84 Å². The molecule has 0 saturated carbocycles. The minimum absolute atomic E-state index is 0.123. The van der Waals surface area contributed by atoms with Gasteiger partial charge in [0.25, 0.3) is 0 Å². The zero-order valence-corrected chi connectivity index (χ0v) is 9.08. The molecule has 0 amide bonds. The van der Waals surface area contributed by atoms with E-state index in [0.717, 1.165) is 5.46 Å². The number of hydrogen-bond acceptors (Lipinski definition) is 3. The zero-order valence-electron chi connectivity index (χ0n) is 8.27.